The summed E-state index contributed by atoms with van der Waals surface area (Å²) in [4.78, 5) is 39.5. The molecule has 1 fully saturated rings. The van der Waals surface area contributed by atoms with Gasteiger partial charge in [0.25, 0.3) is 0 Å². The Labute approximate surface area is 181 Å². The van der Waals surface area contributed by atoms with Crippen LogP contribution in [0.25, 0.3) is 0 Å². The number of methoxy groups -OCH3 is 1. The number of halogens is 2. The van der Waals surface area contributed by atoms with E-state index in [-0.39, 0.29) is 34.5 Å². The molecule has 0 radical (unpaired) electrons. The summed E-state index contributed by atoms with van der Waals surface area (Å²) in [6.45, 7) is 3.46. The molecular weight excluding hydrogens is 439 g/mol. The quantitative estimate of drug-likeness (QED) is 0.694. The molecule has 154 valence electrons. The van der Waals surface area contributed by atoms with Crippen molar-refractivity contribution in [2.24, 2.45) is 5.73 Å². The first-order chi connectivity index (χ1) is 13.7. The van der Waals surface area contributed by atoms with Crippen LogP contribution in [0.1, 0.15) is 25.3 Å². The van der Waals surface area contributed by atoms with E-state index in [4.69, 9.17) is 38.4 Å². The minimum Gasteiger partial charge on any atom is -0.466 e. The van der Waals surface area contributed by atoms with Gasteiger partial charge in [0.2, 0.25) is 5.91 Å². The molecule has 2 aliphatic rings. The maximum atomic E-state index is 13.0. The Morgan fingerprint density at radius 2 is 1.93 bits per heavy atom. The Balaban J connectivity index is 2.35. The first-order valence-electron chi connectivity index (χ1n) is 8.67. The van der Waals surface area contributed by atoms with Gasteiger partial charge in [0, 0.05) is 10.0 Å². The van der Waals surface area contributed by atoms with E-state index >= 15 is 0 Å². The van der Waals surface area contributed by atoms with Crippen molar-refractivity contribution in [3.8, 4) is 0 Å². The first-order valence-corrected chi connectivity index (χ1v) is 10.3. The Morgan fingerprint density at radius 1 is 1.24 bits per heavy atom. The molecule has 0 spiro atoms. The molecule has 2 atom stereocenters. The molecule has 7 nitrogen and oxygen atoms in total. The third-order valence-electron chi connectivity index (χ3n) is 4.56. The first kappa shape index (κ1) is 21.5. The van der Waals surface area contributed by atoms with Crippen LogP contribution in [0.4, 0.5) is 0 Å². The number of rotatable bonds is 4. The van der Waals surface area contributed by atoms with E-state index < -0.39 is 23.1 Å². The van der Waals surface area contributed by atoms with Crippen molar-refractivity contribution in [1.29, 1.82) is 0 Å². The number of amides is 1. The molecule has 29 heavy (non-hydrogen) atoms. The van der Waals surface area contributed by atoms with Gasteiger partial charge in [-0.1, -0.05) is 41.0 Å². The van der Waals surface area contributed by atoms with Crippen molar-refractivity contribution in [1.82, 2.24) is 4.90 Å². The Hall–Kier alpha value is -2.16. The highest BCUT2D eigenvalue weighted by atomic mass is 35.5. The van der Waals surface area contributed by atoms with E-state index in [1.807, 2.05) is 0 Å². The molecule has 0 aromatic heterocycles. The fourth-order valence-electron chi connectivity index (χ4n) is 3.29. The summed E-state index contributed by atoms with van der Waals surface area (Å²) < 4.78 is 10.1. The number of nitrogens with zero attached hydrogens (tertiary/aromatic N) is 1. The molecule has 0 saturated carbocycles. The molecule has 0 aliphatic carbocycles. The standard InChI is InChI=1S/C19H18Cl2N2O5S/c1-4-28-19(26)14-12(10-6-5-9(20)7-11(10)21)13(18(25)27-3)15(22)23-16(24)8(2)29-17(14)23/h5-8,12H,4,22H2,1-3H3/t8-,12+/m1/s1. The number of carbonyl (C=O) groups is 3. The predicted octanol–water partition coefficient (Wildman–Crippen LogP) is 3.17. The minimum atomic E-state index is -0.983. The van der Waals surface area contributed by atoms with E-state index in [0.29, 0.717) is 15.6 Å². The number of carbonyl (C=O) groups excluding carboxylic acids is 3. The molecule has 1 saturated heterocycles. The summed E-state index contributed by atoms with van der Waals surface area (Å²) >= 11 is 13.6. The van der Waals surface area contributed by atoms with Crippen molar-refractivity contribution >= 4 is 52.8 Å². The van der Waals surface area contributed by atoms with Gasteiger partial charge in [0.15, 0.2) is 0 Å². The van der Waals surface area contributed by atoms with E-state index in [2.05, 4.69) is 0 Å². The topological polar surface area (TPSA) is 98.9 Å². The molecular formula is C19H18Cl2N2O5S. The number of esters is 2. The normalized spacial score (nSPS) is 21.4. The number of hydrogen-bond donors (Lipinski definition) is 1. The van der Waals surface area contributed by atoms with Crippen LogP contribution in [0.5, 0.6) is 0 Å². The Kier molecular flexibility index (Phi) is 6.16. The lowest BCUT2D eigenvalue weighted by Gasteiger charge is -2.33. The third kappa shape index (κ3) is 3.60. The predicted molar refractivity (Wildman–Crippen MR) is 110 cm³/mol. The van der Waals surface area contributed by atoms with Crippen molar-refractivity contribution in [2.45, 2.75) is 25.0 Å². The maximum absolute atomic E-state index is 13.0. The monoisotopic (exact) mass is 456 g/mol. The largest absolute Gasteiger partial charge is 0.466 e. The molecule has 1 amide bonds. The lowest BCUT2D eigenvalue weighted by atomic mass is 9.82. The summed E-state index contributed by atoms with van der Waals surface area (Å²) in [7, 11) is 1.19. The summed E-state index contributed by atoms with van der Waals surface area (Å²) in [6, 6.07) is 4.69. The van der Waals surface area contributed by atoms with Crippen LogP contribution in [0, 0.1) is 0 Å². The molecule has 3 rings (SSSR count). The minimum absolute atomic E-state index is 0.0634. The summed E-state index contributed by atoms with van der Waals surface area (Å²) in [6.07, 6.45) is 0. The van der Waals surface area contributed by atoms with Gasteiger partial charge in [-0.25, -0.2) is 9.59 Å². The van der Waals surface area contributed by atoms with Crippen molar-refractivity contribution in [2.75, 3.05) is 13.7 Å². The average molecular weight is 457 g/mol. The third-order valence-corrected chi connectivity index (χ3v) is 6.30. The summed E-state index contributed by atoms with van der Waals surface area (Å²) in [5, 5.41) is 0.445. The second-order valence-electron chi connectivity index (χ2n) is 6.26. The maximum Gasteiger partial charge on any atom is 0.338 e. The molecule has 0 bridgehead atoms. The fourth-order valence-corrected chi connectivity index (χ4v) is 4.97. The molecule has 2 N–H and O–H groups in total. The van der Waals surface area contributed by atoms with Crippen LogP contribution in [0.3, 0.4) is 0 Å². The fraction of sp³-hybridized carbons (Fsp3) is 0.316. The van der Waals surface area contributed by atoms with Crippen LogP contribution in [-0.2, 0) is 23.9 Å². The van der Waals surface area contributed by atoms with E-state index in [1.165, 1.54) is 29.8 Å². The zero-order valence-corrected chi connectivity index (χ0v) is 18.2. The molecule has 1 aromatic carbocycles. The van der Waals surface area contributed by atoms with Gasteiger partial charge >= 0.3 is 11.9 Å². The highest BCUT2D eigenvalue weighted by molar-refractivity contribution is 8.04. The SMILES string of the molecule is CCOC(=O)C1=C2S[C@H](C)C(=O)N2C(N)=C(C(=O)OC)[C@@H]1c1ccc(Cl)cc1Cl. The summed E-state index contributed by atoms with van der Waals surface area (Å²) in [5.74, 6) is -2.88. The van der Waals surface area contributed by atoms with Crippen LogP contribution < -0.4 is 5.73 Å². The van der Waals surface area contributed by atoms with E-state index in [1.54, 1.807) is 26.0 Å². The van der Waals surface area contributed by atoms with Gasteiger partial charge < -0.3 is 15.2 Å². The van der Waals surface area contributed by atoms with Crippen LogP contribution >= 0.6 is 35.0 Å². The molecule has 10 heteroatoms. The number of ether oxygens (including phenoxy) is 2. The number of fused-ring (bicyclic) bond motifs is 1. The molecule has 2 aliphatic heterocycles. The van der Waals surface area contributed by atoms with Gasteiger partial charge in [0.05, 0.1) is 41.1 Å². The van der Waals surface area contributed by atoms with E-state index in [9.17, 15) is 14.4 Å². The zero-order valence-electron chi connectivity index (χ0n) is 15.8. The van der Waals surface area contributed by atoms with E-state index in [0.717, 1.165) is 0 Å². The van der Waals surface area contributed by atoms with Crippen molar-refractivity contribution in [3.63, 3.8) is 0 Å². The number of hydrogen-bond acceptors (Lipinski definition) is 7. The lowest BCUT2D eigenvalue weighted by molar-refractivity contribution is -0.139. The van der Waals surface area contributed by atoms with Crippen LogP contribution in [0.2, 0.25) is 10.0 Å². The van der Waals surface area contributed by atoms with Crippen molar-refractivity contribution in [3.05, 3.63) is 55.8 Å². The highest BCUT2D eigenvalue weighted by Crippen LogP contribution is 2.50. The Bertz CT molecular complexity index is 975. The van der Waals surface area contributed by atoms with Gasteiger partial charge in [0.1, 0.15) is 5.82 Å². The van der Waals surface area contributed by atoms with Gasteiger partial charge in [-0.2, -0.15) is 0 Å². The number of thioether (sulfide) groups is 1. The van der Waals surface area contributed by atoms with Gasteiger partial charge in [-0.3, -0.25) is 9.69 Å². The van der Waals surface area contributed by atoms with Crippen molar-refractivity contribution < 1.29 is 23.9 Å². The van der Waals surface area contributed by atoms with Crippen LogP contribution in [0.15, 0.2) is 40.2 Å². The smallest absolute Gasteiger partial charge is 0.338 e. The number of nitrogens with two attached hydrogens (primary N) is 1. The Morgan fingerprint density at radius 3 is 2.52 bits per heavy atom. The second-order valence-corrected chi connectivity index (χ2v) is 8.44. The molecule has 0 unspecified atom stereocenters. The zero-order chi connectivity index (χ0) is 21.5. The average Bonchev–Trinajstić information content (AvgIpc) is 2.96. The van der Waals surface area contributed by atoms with Gasteiger partial charge in [-0.05, 0) is 31.5 Å². The molecule has 2 heterocycles. The van der Waals surface area contributed by atoms with Gasteiger partial charge in [-0.15, -0.1) is 0 Å². The second kappa shape index (κ2) is 8.30. The highest BCUT2D eigenvalue weighted by Gasteiger charge is 2.49. The lowest BCUT2D eigenvalue weighted by Crippen LogP contribution is -2.40. The molecule has 1 aromatic rings. The van der Waals surface area contributed by atoms with Crippen LogP contribution in [-0.4, -0.2) is 41.7 Å². The number of benzene rings is 1. The summed E-state index contributed by atoms with van der Waals surface area (Å²) in [5.41, 5.74) is 6.71.